The first-order valence-electron chi connectivity index (χ1n) is 8.98. The predicted molar refractivity (Wildman–Crippen MR) is 113 cm³/mol. The standard InChI is InChI=1S/C22H20BrN3O2/c1-26-10-9-24-22(26)21(27)12-17(14-3-5-15(23)6-4-14)19-13-25-20-8-7-16(28-2)11-18(19)20/h3-11,13,17,25H,12H2,1-2H3. The van der Waals surface area contributed by atoms with Gasteiger partial charge >= 0.3 is 0 Å². The minimum atomic E-state index is -0.0989. The van der Waals surface area contributed by atoms with E-state index in [0.29, 0.717) is 12.2 Å². The number of aromatic amines is 1. The highest BCUT2D eigenvalue weighted by Crippen LogP contribution is 2.36. The molecule has 1 atom stereocenters. The van der Waals surface area contributed by atoms with Crippen molar-refractivity contribution < 1.29 is 9.53 Å². The number of halogens is 1. The van der Waals surface area contributed by atoms with E-state index in [1.807, 2.05) is 43.6 Å². The fraction of sp³-hybridized carbons (Fsp3) is 0.182. The van der Waals surface area contributed by atoms with Gasteiger partial charge in [-0.1, -0.05) is 28.1 Å². The molecule has 0 saturated carbocycles. The summed E-state index contributed by atoms with van der Waals surface area (Å²) in [5.41, 5.74) is 3.16. The summed E-state index contributed by atoms with van der Waals surface area (Å²) in [5.74, 6) is 1.17. The minimum absolute atomic E-state index is 0.0117. The summed E-state index contributed by atoms with van der Waals surface area (Å²) in [5, 5.41) is 1.06. The van der Waals surface area contributed by atoms with Gasteiger partial charge in [-0.3, -0.25) is 4.79 Å². The summed E-state index contributed by atoms with van der Waals surface area (Å²) in [6, 6.07) is 14.1. The van der Waals surface area contributed by atoms with Crippen LogP contribution in [-0.2, 0) is 7.05 Å². The van der Waals surface area contributed by atoms with Gasteiger partial charge in [0.05, 0.1) is 7.11 Å². The molecule has 2 aromatic carbocycles. The second-order valence-corrected chi connectivity index (χ2v) is 7.66. The molecule has 0 aliphatic carbocycles. The Balaban J connectivity index is 1.80. The average molecular weight is 438 g/mol. The molecule has 0 spiro atoms. The third kappa shape index (κ3) is 3.47. The van der Waals surface area contributed by atoms with Gasteiger partial charge in [-0.25, -0.2) is 4.98 Å². The summed E-state index contributed by atoms with van der Waals surface area (Å²) in [6.07, 6.45) is 5.76. The summed E-state index contributed by atoms with van der Waals surface area (Å²) < 4.78 is 8.17. The van der Waals surface area contributed by atoms with Crippen molar-refractivity contribution in [3.63, 3.8) is 0 Å². The Labute approximate surface area is 171 Å². The van der Waals surface area contributed by atoms with Crippen molar-refractivity contribution in [3.8, 4) is 5.75 Å². The molecule has 0 saturated heterocycles. The highest BCUT2D eigenvalue weighted by Gasteiger charge is 2.24. The molecule has 0 fully saturated rings. The number of aromatic nitrogens is 3. The fourth-order valence-corrected chi connectivity index (χ4v) is 3.81. The highest BCUT2D eigenvalue weighted by atomic mass is 79.9. The number of Topliss-reactive ketones (excluding diaryl/α,β-unsaturated/α-hetero) is 1. The number of benzene rings is 2. The molecule has 0 aliphatic heterocycles. The van der Waals surface area contributed by atoms with Crippen LogP contribution in [0.5, 0.6) is 5.75 Å². The topological polar surface area (TPSA) is 59.9 Å². The van der Waals surface area contributed by atoms with Gasteiger partial charge in [0.2, 0.25) is 0 Å². The molecule has 0 bridgehead atoms. The van der Waals surface area contributed by atoms with Crippen LogP contribution in [0.2, 0.25) is 0 Å². The van der Waals surface area contributed by atoms with Crippen molar-refractivity contribution in [3.05, 3.63) is 82.5 Å². The average Bonchev–Trinajstić information content (AvgIpc) is 3.32. The Morgan fingerprint density at radius 1 is 1.25 bits per heavy atom. The van der Waals surface area contributed by atoms with Crippen LogP contribution in [0.1, 0.15) is 34.1 Å². The van der Waals surface area contributed by atoms with Gasteiger partial charge in [0, 0.05) is 53.4 Å². The number of nitrogens with zero attached hydrogens (tertiary/aromatic N) is 2. The van der Waals surface area contributed by atoms with Crippen LogP contribution >= 0.6 is 15.9 Å². The van der Waals surface area contributed by atoms with Crippen LogP contribution in [0.3, 0.4) is 0 Å². The first-order chi connectivity index (χ1) is 13.6. The number of ketones is 1. The van der Waals surface area contributed by atoms with E-state index in [0.717, 1.165) is 32.3 Å². The van der Waals surface area contributed by atoms with E-state index in [1.165, 1.54) is 0 Å². The van der Waals surface area contributed by atoms with E-state index in [2.05, 4.69) is 38.0 Å². The SMILES string of the molecule is COc1ccc2[nH]cc(C(CC(=O)c3nccn3C)c3ccc(Br)cc3)c2c1. The van der Waals surface area contributed by atoms with Gasteiger partial charge in [0.25, 0.3) is 0 Å². The van der Waals surface area contributed by atoms with Crippen LogP contribution < -0.4 is 4.74 Å². The van der Waals surface area contributed by atoms with Gasteiger partial charge < -0.3 is 14.3 Å². The Hall–Kier alpha value is -2.86. The number of fused-ring (bicyclic) bond motifs is 1. The highest BCUT2D eigenvalue weighted by molar-refractivity contribution is 9.10. The molecule has 6 heteroatoms. The second kappa shape index (κ2) is 7.64. The zero-order valence-corrected chi connectivity index (χ0v) is 17.2. The Morgan fingerprint density at radius 3 is 2.71 bits per heavy atom. The molecule has 142 valence electrons. The Kier molecular flexibility index (Phi) is 5.05. The lowest BCUT2D eigenvalue weighted by Crippen LogP contribution is -2.13. The second-order valence-electron chi connectivity index (χ2n) is 6.75. The quantitative estimate of drug-likeness (QED) is 0.428. The van der Waals surface area contributed by atoms with Crippen LogP contribution in [0.25, 0.3) is 10.9 Å². The predicted octanol–water partition coefficient (Wildman–Crippen LogP) is 5.08. The first-order valence-corrected chi connectivity index (χ1v) is 9.77. The van der Waals surface area contributed by atoms with E-state index < -0.39 is 0 Å². The summed E-state index contributed by atoms with van der Waals surface area (Å²) in [7, 11) is 3.50. The molecular formula is C22H20BrN3O2. The maximum atomic E-state index is 13.0. The molecule has 1 N–H and O–H groups in total. The van der Waals surface area contributed by atoms with Crippen molar-refractivity contribution in [2.75, 3.05) is 7.11 Å². The number of nitrogens with one attached hydrogen (secondary N) is 1. The third-order valence-corrected chi connectivity index (χ3v) is 5.56. The van der Waals surface area contributed by atoms with Crippen LogP contribution in [0.15, 0.2) is 65.5 Å². The molecular weight excluding hydrogens is 418 g/mol. The molecule has 1 unspecified atom stereocenters. The molecule has 2 aromatic heterocycles. The molecule has 2 heterocycles. The number of hydrogen-bond donors (Lipinski definition) is 1. The smallest absolute Gasteiger partial charge is 0.199 e. The van der Waals surface area contributed by atoms with E-state index in [-0.39, 0.29) is 11.7 Å². The van der Waals surface area contributed by atoms with Crippen molar-refractivity contribution >= 4 is 32.6 Å². The number of rotatable bonds is 6. The zero-order chi connectivity index (χ0) is 19.7. The Bertz CT molecular complexity index is 1130. The molecule has 0 amide bonds. The Morgan fingerprint density at radius 2 is 2.04 bits per heavy atom. The number of carbonyl (C=O) groups is 1. The molecule has 4 aromatic rings. The van der Waals surface area contributed by atoms with Crippen molar-refractivity contribution in [2.45, 2.75) is 12.3 Å². The largest absolute Gasteiger partial charge is 0.497 e. The number of hydrogen-bond acceptors (Lipinski definition) is 3. The lowest BCUT2D eigenvalue weighted by molar-refractivity contribution is 0.0964. The van der Waals surface area contributed by atoms with Crippen molar-refractivity contribution in [1.29, 1.82) is 0 Å². The van der Waals surface area contributed by atoms with Gasteiger partial charge in [-0.2, -0.15) is 0 Å². The lowest BCUT2D eigenvalue weighted by atomic mass is 9.86. The van der Waals surface area contributed by atoms with Gasteiger partial charge in [0.1, 0.15) is 5.75 Å². The number of carbonyl (C=O) groups excluding carboxylic acids is 1. The van der Waals surface area contributed by atoms with Crippen molar-refractivity contribution in [1.82, 2.24) is 14.5 Å². The van der Waals surface area contributed by atoms with E-state index in [1.54, 1.807) is 24.1 Å². The van der Waals surface area contributed by atoms with E-state index >= 15 is 0 Å². The molecule has 0 radical (unpaired) electrons. The number of aryl methyl sites for hydroxylation is 1. The monoisotopic (exact) mass is 437 g/mol. The maximum Gasteiger partial charge on any atom is 0.199 e. The molecule has 0 aliphatic rings. The number of imidazole rings is 1. The number of methoxy groups -OCH3 is 1. The normalized spacial score (nSPS) is 12.2. The van der Waals surface area contributed by atoms with Gasteiger partial charge in [0.15, 0.2) is 11.6 Å². The van der Waals surface area contributed by atoms with Crippen LogP contribution in [0, 0.1) is 0 Å². The first kappa shape index (κ1) is 18.5. The fourth-order valence-electron chi connectivity index (χ4n) is 3.55. The number of H-pyrrole nitrogens is 1. The molecule has 4 rings (SSSR count). The number of ether oxygens (including phenoxy) is 1. The zero-order valence-electron chi connectivity index (χ0n) is 15.6. The summed E-state index contributed by atoms with van der Waals surface area (Å²) in [6.45, 7) is 0. The van der Waals surface area contributed by atoms with Crippen LogP contribution in [0.4, 0.5) is 0 Å². The van der Waals surface area contributed by atoms with Crippen molar-refractivity contribution in [2.24, 2.45) is 7.05 Å². The third-order valence-electron chi connectivity index (χ3n) is 5.03. The molecule has 5 nitrogen and oxygen atoms in total. The minimum Gasteiger partial charge on any atom is -0.497 e. The van der Waals surface area contributed by atoms with Gasteiger partial charge in [-0.05, 0) is 41.5 Å². The molecule has 28 heavy (non-hydrogen) atoms. The lowest BCUT2D eigenvalue weighted by Gasteiger charge is -2.17. The van der Waals surface area contributed by atoms with E-state index in [9.17, 15) is 4.79 Å². The summed E-state index contributed by atoms with van der Waals surface area (Å²) >= 11 is 3.49. The van der Waals surface area contributed by atoms with Gasteiger partial charge in [-0.15, -0.1) is 0 Å². The maximum absolute atomic E-state index is 13.0. The summed E-state index contributed by atoms with van der Waals surface area (Å²) in [4.78, 5) is 20.6. The van der Waals surface area contributed by atoms with Crippen LogP contribution in [-0.4, -0.2) is 27.4 Å². The van der Waals surface area contributed by atoms with E-state index in [4.69, 9.17) is 4.74 Å².